The number of rotatable bonds is 9. The second-order valence-electron chi connectivity index (χ2n) is 5.50. The largest absolute Gasteiger partial charge is 0.477 e. The average molecular weight is 474 g/mol. The lowest BCUT2D eigenvalue weighted by molar-refractivity contribution is -0.153. The van der Waals surface area contributed by atoms with Gasteiger partial charge in [0.05, 0.1) is 14.2 Å². The number of aliphatic hydroxyl groups is 4. The third-order valence-corrected chi connectivity index (χ3v) is 4.70. The van der Waals surface area contributed by atoms with E-state index >= 15 is 0 Å². The van der Waals surface area contributed by atoms with Gasteiger partial charge >= 0.3 is 0 Å². The number of aliphatic hydroxyl groups excluding tert-OH is 4. The fraction of sp³-hybridized carbons (Fsp3) is 0.429. The van der Waals surface area contributed by atoms with E-state index in [-0.39, 0.29) is 22.1 Å². The highest BCUT2D eigenvalue weighted by Crippen LogP contribution is 2.33. The quantitative estimate of drug-likeness (QED) is 0.300. The highest BCUT2D eigenvalue weighted by Gasteiger charge is 2.40. The Kier molecular flexibility index (Phi) is 7.45. The smallest absolute Gasteiger partial charge is 0.279 e. The first-order valence-corrected chi connectivity index (χ1v) is 8.72. The number of halogens is 3. The fourth-order valence-electron chi connectivity index (χ4n) is 2.22. The molecule has 4 atom stereocenters. The van der Waals surface area contributed by atoms with Gasteiger partial charge in [-0.15, -0.1) is 0 Å². The zero-order valence-electron chi connectivity index (χ0n) is 14.7. The number of aromatic nitrogens is 4. The lowest BCUT2D eigenvalue weighted by Crippen LogP contribution is -2.42. The molecule has 0 aromatic carbocycles. The number of hydrogen-bond acceptors (Lipinski definition) is 10. The summed E-state index contributed by atoms with van der Waals surface area (Å²) < 4.78 is 10.5. The fourth-order valence-corrected chi connectivity index (χ4v) is 2.78. The molecule has 0 bridgehead atoms. The van der Waals surface area contributed by atoms with E-state index in [1.165, 1.54) is 14.2 Å². The number of imidazole rings is 2. The zero-order chi connectivity index (χ0) is 22.0. The normalized spacial score (nSPS) is 15.5. The first-order valence-electron chi connectivity index (χ1n) is 7.63. The summed E-state index contributed by atoms with van der Waals surface area (Å²) in [4.78, 5) is 34.0. The van der Waals surface area contributed by atoms with E-state index in [9.17, 15) is 30.0 Å². The molecule has 0 aliphatic carbocycles. The number of hydrogen-bond donors (Lipinski definition) is 5. The van der Waals surface area contributed by atoms with Crippen molar-refractivity contribution in [2.45, 2.75) is 24.4 Å². The molecule has 0 saturated carbocycles. The summed E-state index contributed by atoms with van der Waals surface area (Å²) in [6.45, 7) is 0. The molecule has 15 heteroatoms. The Balaban J connectivity index is 2.20. The third kappa shape index (κ3) is 4.48. The third-order valence-electron chi connectivity index (χ3n) is 3.73. The number of nitrogens with one attached hydrogen (secondary N) is 1. The zero-order valence-corrected chi connectivity index (χ0v) is 17.0. The summed E-state index contributed by atoms with van der Waals surface area (Å²) in [5, 5.41) is 39.8. The number of methoxy groups -OCH3 is 2. The van der Waals surface area contributed by atoms with Gasteiger partial charge in [-0.1, -0.05) is 23.2 Å². The van der Waals surface area contributed by atoms with Gasteiger partial charge in [0.25, 0.3) is 11.8 Å². The Morgan fingerprint density at radius 2 is 1.55 bits per heavy atom. The average Bonchev–Trinajstić information content (AvgIpc) is 3.22. The molecule has 12 nitrogen and oxygen atoms in total. The molecule has 4 unspecified atom stereocenters. The molecule has 2 aromatic rings. The highest BCUT2D eigenvalue weighted by molar-refractivity contribution is 6.41. The molecule has 29 heavy (non-hydrogen) atoms. The maximum absolute atomic E-state index is 12.2. The van der Waals surface area contributed by atoms with Crippen LogP contribution in [0.2, 0.25) is 10.3 Å². The van der Waals surface area contributed by atoms with Crippen molar-refractivity contribution < 1.29 is 39.5 Å². The van der Waals surface area contributed by atoms with Gasteiger partial charge in [-0.25, -0.2) is 9.07 Å². The lowest BCUT2D eigenvalue weighted by atomic mass is 9.99. The van der Waals surface area contributed by atoms with Crippen LogP contribution in [-0.2, 0) is 9.59 Å². The number of aromatic amines is 1. The Morgan fingerprint density at radius 3 is 1.97 bits per heavy atom. The topological polar surface area (TPSA) is 180 Å². The molecule has 0 radical (unpaired) electrons. The number of ketones is 2. The molecule has 0 spiro atoms. The maximum Gasteiger partial charge on any atom is 0.279 e. The van der Waals surface area contributed by atoms with Crippen LogP contribution >= 0.6 is 35.0 Å². The minimum absolute atomic E-state index is 0.142. The van der Waals surface area contributed by atoms with Gasteiger partial charge in [0, 0.05) is 11.8 Å². The van der Waals surface area contributed by atoms with Gasteiger partial charge in [0.2, 0.25) is 11.6 Å². The summed E-state index contributed by atoms with van der Waals surface area (Å²) >= 11 is 17.1. The molecule has 2 heterocycles. The van der Waals surface area contributed by atoms with E-state index in [0.717, 1.165) is 0 Å². The summed E-state index contributed by atoms with van der Waals surface area (Å²) in [7, 11) is 2.46. The minimum Gasteiger partial charge on any atom is -0.477 e. The van der Waals surface area contributed by atoms with Gasteiger partial charge in [-0.05, 0) is 0 Å². The van der Waals surface area contributed by atoms with Gasteiger partial charge in [-0.3, -0.25) is 9.59 Å². The van der Waals surface area contributed by atoms with Crippen molar-refractivity contribution in [3.05, 3.63) is 22.0 Å². The van der Waals surface area contributed by atoms with Crippen molar-refractivity contribution in [3.63, 3.8) is 0 Å². The standard InChI is InChI=1S/C14H15Cl3N4O8/c1-28-13-14(29-2)21(17)12(20-13)8(27)6(25)4(23)3(22)5(24)7(26)11-18-9(15)10(16)19-11/h5-8,24-27H,1-2H3,(H,18,19). The Bertz CT molecular complexity index is 898. The second-order valence-corrected chi connectivity index (χ2v) is 6.58. The predicted molar refractivity (Wildman–Crippen MR) is 97.1 cm³/mol. The number of nitrogens with zero attached hydrogens (tertiary/aromatic N) is 3. The van der Waals surface area contributed by atoms with Crippen LogP contribution in [0.3, 0.4) is 0 Å². The van der Waals surface area contributed by atoms with Crippen LogP contribution in [0.1, 0.15) is 23.9 Å². The van der Waals surface area contributed by atoms with Crippen molar-refractivity contribution in [1.82, 2.24) is 19.0 Å². The molecule has 5 N–H and O–H groups in total. The number of ether oxygens (including phenoxy) is 2. The van der Waals surface area contributed by atoms with Gasteiger partial charge in [-0.2, -0.15) is 4.98 Å². The van der Waals surface area contributed by atoms with E-state index in [1.54, 1.807) is 0 Å². The van der Waals surface area contributed by atoms with E-state index in [0.29, 0.717) is 4.09 Å². The van der Waals surface area contributed by atoms with Crippen molar-refractivity contribution in [2.24, 2.45) is 0 Å². The van der Waals surface area contributed by atoms with Gasteiger partial charge < -0.3 is 34.9 Å². The van der Waals surface area contributed by atoms with Crippen LogP contribution in [0.5, 0.6) is 11.8 Å². The molecule has 2 rings (SSSR count). The van der Waals surface area contributed by atoms with Crippen LogP contribution < -0.4 is 9.47 Å². The number of carbonyl (C=O) groups excluding carboxylic acids is 2. The van der Waals surface area contributed by atoms with Gasteiger partial charge in [0.15, 0.2) is 23.2 Å². The highest BCUT2D eigenvalue weighted by atomic mass is 35.5. The molecular formula is C14H15Cl3N4O8. The monoisotopic (exact) mass is 472 g/mol. The van der Waals surface area contributed by atoms with Crippen molar-refractivity contribution in [2.75, 3.05) is 14.2 Å². The van der Waals surface area contributed by atoms with E-state index in [2.05, 4.69) is 15.0 Å². The van der Waals surface area contributed by atoms with E-state index in [4.69, 9.17) is 44.5 Å². The van der Waals surface area contributed by atoms with Gasteiger partial charge in [0.1, 0.15) is 23.2 Å². The number of carbonyl (C=O) groups is 2. The Morgan fingerprint density at radius 1 is 1.00 bits per heavy atom. The molecule has 0 aliphatic rings. The molecule has 0 fully saturated rings. The van der Waals surface area contributed by atoms with Crippen molar-refractivity contribution >= 4 is 46.5 Å². The SMILES string of the molecule is COc1nc(C(O)C(O)C(=O)C(=O)C(O)C(O)c2nc(Cl)c(Cl)[nH]2)n(Cl)c1OC. The van der Waals surface area contributed by atoms with Crippen LogP contribution in [0.4, 0.5) is 0 Å². The summed E-state index contributed by atoms with van der Waals surface area (Å²) in [5.74, 6) is -4.44. The molecule has 0 amide bonds. The van der Waals surface area contributed by atoms with Crippen LogP contribution in [0.25, 0.3) is 0 Å². The molecule has 0 aliphatic heterocycles. The second kappa shape index (κ2) is 9.26. The summed E-state index contributed by atoms with van der Waals surface area (Å²) in [6, 6.07) is 0. The minimum atomic E-state index is -2.39. The van der Waals surface area contributed by atoms with E-state index in [1.807, 2.05) is 0 Å². The van der Waals surface area contributed by atoms with Crippen molar-refractivity contribution in [3.8, 4) is 11.8 Å². The number of Topliss-reactive ketones (excluding diaryl/α,β-unsaturated/α-hetero) is 2. The molecule has 160 valence electrons. The summed E-state index contributed by atoms with van der Waals surface area (Å²) in [5.41, 5.74) is 0. The maximum atomic E-state index is 12.2. The Labute approximate surface area is 177 Å². The summed E-state index contributed by atoms with van der Waals surface area (Å²) in [6.07, 6.45) is -8.85. The van der Waals surface area contributed by atoms with Crippen LogP contribution in [0, 0.1) is 0 Å². The Hall–Kier alpha value is -1.93. The first kappa shape index (κ1) is 23.3. The predicted octanol–water partition coefficient (Wildman–Crippen LogP) is -0.441. The molecule has 0 saturated heterocycles. The molecule has 2 aromatic heterocycles. The van der Waals surface area contributed by atoms with E-state index < -0.39 is 47.6 Å². The van der Waals surface area contributed by atoms with Crippen LogP contribution in [-0.4, -0.2) is 77.5 Å². The van der Waals surface area contributed by atoms with Crippen molar-refractivity contribution in [1.29, 1.82) is 0 Å². The first-order chi connectivity index (χ1) is 13.5. The van der Waals surface area contributed by atoms with Crippen LogP contribution in [0.15, 0.2) is 0 Å². The lowest BCUT2D eigenvalue weighted by Gasteiger charge is -2.18. The molecular weight excluding hydrogens is 459 g/mol. The number of H-pyrrole nitrogens is 1.